The third-order valence-electron chi connectivity index (χ3n) is 2.32. The van der Waals surface area contributed by atoms with Gasteiger partial charge in [-0.1, -0.05) is 25.1 Å². The molecule has 0 radical (unpaired) electrons. The van der Waals surface area contributed by atoms with Crippen LogP contribution < -0.4 is 5.32 Å². The van der Waals surface area contributed by atoms with Crippen LogP contribution in [0.5, 0.6) is 0 Å². The highest BCUT2D eigenvalue weighted by Crippen LogP contribution is 2.18. The Morgan fingerprint density at radius 2 is 2.00 bits per heavy atom. The molecule has 0 aliphatic rings. The highest BCUT2D eigenvalue weighted by molar-refractivity contribution is 7.71. The zero-order valence-electron chi connectivity index (χ0n) is 9.28. The first-order valence-corrected chi connectivity index (χ1v) is 6.06. The minimum Gasteiger partial charge on any atom is -0.325 e. The van der Waals surface area contributed by atoms with Crippen LogP contribution in [0, 0.1) is 9.54 Å². The predicted molar refractivity (Wildman–Crippen MR) is 73.7 cm³/mol. The fourth-order valence-electron chi connectivity index (χ4n) is 1.53. The summed E-state index contributed by atoms with van der Waals surface area (Å²) in [6, 6.07) is 8.05. The van der Waals surface area contributed by atoms with Crippen molar-refractivity contribution >= 4 is 36.1 Å². The summed E-state index contributed by atoms with van der Waals surface area (Å²) < 4.78 is 0.826. The van der Waals surface area contributed by atoms with Crippen molar-refractivity contribution in [1.29, 1.82) is 0 Å². The molecule has 4 nitrogen and oxygen atoms in total. The second-order valence-corrected chi connectivity index (χ2v) is 4.28. The molecule has 0 bridgehead atoms. The summed E-state index contributed by atoms with van der Waals surface area (Å²) in [5.74, 6) is 0.555. The van der Waals surface area contributed by atoms with Crippen molar-refractivity contribution in [2.45, 2.75) is 13.3 Å². The summed E-state index contributed by atoms with van der Waals surface area (Å²) in [6.45, 7) is 2.10. The lowest BCUT2D eigenvalue weighted by Crippen LogP contribution is -2.01. The van der Waals surface area contributed by atoms with Crippen LogP contribution in [0.1, 0.15) is 12.5 Å². The van der Waals surface area contributed by atoms with Gasteiger partial charge < -0.3 is 15.3 Å². The molecule has 88 valence electrons. The minimum atomic E-state index is 0.366. The van der Waals surface area contributed by atoms with E-state index in [4.69, 9.17) is 24.4 Å². The fourth-order valence-corrected chi connectivity index (χ4v) is 1.98. The smallest absolute Gasteiger partial charge is 0.209 e. The second kappa shape index (κ2) is 5.20. The number of nitrogens with zero attached hydrogens (tertiary/aromatic N) is 1. The van der Waals surface area contributed by atoms with Gasteiger partial charge in [-0.25, -0.2) is 0 Å². The van der Waals surface area contributed by atoms with Crippen molar-refractivity contribution in [3.05, 3.63) is 39.4 Å². The summed E-state index contributed by atoms with van der Waals surface area (Å²) in [7, 11) is 0. The molecule has 1 aromatic heterocycles. The largest absolute Gasteiger partial charge is 0.325 e. The molecule has 1 aromatic carbocycles. The average molecular weight is 264 g/mol. The summed E-state index contributed by atoms with van der Waals surface area (Å²) >= 11 is 9.98. The molecule has 17 heavy (non-hydrogen) atoms. The van der Waals surface area contributed by atoms with Gasteiger partial charge in [0.2, 0.25) is 10.7 Å². The number of para-hydroxylation sites is 1. The lowest BCUT2D eigenvalue weighted by molar-refractivity contribution is 1.01. The molecular formula is C11H12N4S2. The maximum atomic E-state index is 5.01. The van der Waals surface area contributed by atoms with Gasteiger partial charge in [0.15, 0.2) is 4.77 Å². The highest BCUT2D eigenvalue weighted by Gasteiger charge is 2.01. The van der Waals surface area contributed by atoms with Crippen LogP contribution in [0.2, 0.25) is 0 Å². The van der Waals surface area contributed by atoms with Gasteiger partial charge in [0.25, 0.3) is 0 Å². The molecule has 0 unspecified atom stereocenters. The Morgan fingerprint density at radius 3 is 2.71 bits per heavy atom. The lowest BCUT2D eigenvalue weighted by atomic mass is 10.1. The van der Waals surface area contributed by atoms with Gasteiger partial charge in [0.05, 0.1) is 0 Å². The summed E-state index contributed by atoms with van der Waals surface area (Å²) in [5.41, 5.74) is 2.22. The first kappa shape index (κ1) is 11.9. The molecule has 0 amide bonds. The third-order valence-corrected chi connectivity index (χ3v) is 2.71. The van der Waals surface area contributed by atoms with E-state index in [2.05, 4.69) is 33.3 Å². The Labute approximate surface area is 109 Å². The van der Waals surface area contributed by atoms with Crippen LogP contribution in [0.3, 0.4) is 0 Å². The predicted octanol–water partition coefficient (Wildman–Crippen LogP) is 3.50. The molecule has 0 aliphatic carbocycles. The van der Waals surface area contributed by atoms with Gasteiger partial charge >= 0.3 is 0 Å². The number of anilines is 2. The quantitative estimate of drug-likeness (QED) is 0.743. The van der Waals surface area contributed by atoms with E-state index in [1.807, 2.05) is 18.2 Å². The first-order valence-electron chi connectivity index (χ1n) is 5.24. The number of nitrogens with one attached hydrogen (secondary N) is 3. The highest BCUT2D eigenvalue weighted by atomic mass is 32.1. The average Bonchev–Trinajstić information content (AvgIpc) is 2.28. The van der Waals surface area contributed by atoms with E-state index in [1.165, 1.54) is 5.56 Å². The van der Waals surface area contributed by atoms with Crippen molar-refractivity contribution in [2.75, 3.05) is 5.32 Å². The zero-order chi connectivity index (χ0) is 12.3. The van der Waals surface area contributed by atoms with E-state index in [1.54, 1.807) is 0 Å². The molecule has 0 atom stereocenters. The van der Waals surface area contributed by atoms with Crippen LogP contribution in [0.15, 0.2) is 24.3 Å². The Hall–Kier alpha value is -1.53. The van der Waals surface area contributed by atoms with Crippen LogP contribution in [-0.4, -0.2) is 15.0 Å². The van der Waals surface area contributed by atoms with E-state index in [0.29, 0.717) is 15.5 Å². The first-order chi connectivity index (χ1) is 8.19. The van der Waals surface area contributed by atoms with Crippen LogP contribution in [0.4, 0.5) is 11.6 Å². The number of H-pyrrole nitrogens is 2. The van der Waals surface area contributed by atoms with E-state index in [9.17, 15) is 0 Å². The lowest BCUT2D eigenvalue weighted by Gasteiger charge is -2.09. The number of rotatable bonds is 3. The maximum Gasteiger partial charge on any atom is 0.209 e. The molecule has 0 fully saturated rings. The topological polar surface area (TPSA) is 56.5 Å². The fraction of sp³-hybridized carbons (Fsp3) is 0.182. The van der Waals surface area contributed by atoms with Crippen molar-refractivity contribution in [3.63, 3.8) is 0 Å². The molecule has 0 spiro atoms. The summed E-state index contributed by atoms with van der Waals surface area (Å²) in [4.78, 5) is 9.80. The van der Waals surface area contributed by atoms with Crippen molar-refractivity contribution < 1.29 is 0 Å². The van der Waals surface area contributed by atoms with Gasteiger partial charge in [0, 0.05) is 5.69 Å². The Kier molecular flexibility index (Phi) is 3.65. The van der Waals surface area contributed by atoms with Crippen molar-refractivity contribution in [3.8, 4) is 0 Å². The summed E-state index contributed by atoms with van der Waals surface area (Å²) in [6.07, 6.45) is 0.948. The summed E-state index contributed by atoms with van der Waals surface area (Å²) in [5, 5.41) is 3.19. The Balaban J connectivity index is 2.37. The molecule has 1 heterocycles. The molecule has 3 N–H and O–H groups in total. The molecule has 2 rings (SSSR count). The van der Waals surface area contributed by atoms with Crippen LogP contribution in [-0.2, 0) is 6.42 Å². The van der Waals surface area contributed by atoms with Crippen LogP contribution in [0.25, 0.3) is 0 Å². The molecular weight excluding hydrogens is 252 g/mol. The Morgan fingerprint density at radius 1 is 1.24 bits per heavy atom. The van der Waals surface area contributed by atoms with E-state index >= 15 is 0 Å². The zero-order valence-corrected chi connectivity index (χ0v) is 10.9. The molecule has 6 heteroatoms. The van der Waals surface area contributed by atoms with Gasteiger partial charge in [-0.3, -0.25) is 0 Å². The van der Waals surface area contributed by atoms with Crippen molar-refractivity contribution in [1.82, 2.24) is 15.0 Å². The van der Waals surface area contributed by atoms with E-state index < -0.39 is 0 Å². The van der Waals surface area contributed by atoms with Gasteiger partial charge in [-0.05, 0) is 42.5 Å². The molecule has 2 aromatic rings. The number of hydrogen-bond donors (Lipinski definition) is 3. The van der Waals surface area contributed by atoms with Crippen molar-refractivity contribution in [2.24, 2.45) is 0 Å². The molecule has 0 aliphatic heterocycles. The number of aromatic nitrogens is 3. The normalized spacial score (nSPS) is 10.2. The molecule has 0 saturated carbocycles. The maximum absolute atomic E-state index is 5.01. The number of aromatic amines is 2. The number of hydrogen-bond acceptors (Lipinski definition) is 4. The van der Waals surface area contributed by atoms with Gasteiger partial charge in [0.1, 0.15) is 0 Å². The monoisotopic (exact) mass is 264 g/mol. The number of benzene rings is 1. The van der Waals surface area contributed by atoms with E-state index in [-0.39, 0.29) is 0 Å². The van der Waals surface area contributed by atoms with E-state index in [0.717, 1.165) is 12.1 Å². The van der Waals surface area contributed by atoms with Crippen LogP contribution >= 0.6 is 24.4 Å². The second-order valence-electron chi connectivity index (χ2n) is 3.48. The number of aryl methyl sites for hydroxylation is 1. The SMILES string of the molecule is CCc1ccccc1Nc1nc(=S)[nH]c(=S)[nH]1. The molecule has 0 saturated heterocycles. The van der Waals surface area contributed by atoms with Gasteiger partial charge in [-0.2, -0.15) is 4.98 Å². The Bertz CT molecular complexity index is 601. The van der Waals surface area contributed by atoms with Gasteiger partial charge in [-0.15, -0.1) is 0 Å². The standard InChI is InChI=1S/C11H12N4S2/c1-2-7-5-3-4-6-8(7)12-9-13-10(16)15-11(17)14-9/h3-6H,2H2,1H3,(H3,12,13,14,15,16,17). The minimum absolute atomic E-state index is 0.366. The third kappa shape index (κ3) is 2.98.